The van der Waals surface area contributed by atoms with Gasteiger partial charge < -0.3 is 24.6 Å². The van der Waals surface area contributed by atoms with Crippen LogP contribution in [0.3, 0.4) is 0 Å². The van der Waals surface area contributed by atoms with E-state index in [9.17, 15) is 19.4 Å². The van der Waals surface area contributed by atoms with Gasteiger partial charge in [0, 0.05) is 25.8 Å². The molecule has 140 valence electrons. The predicted octanol–water partition coefficient (Wildman–Crippen LogP) is 2.86. The Morgan fingerprint density at radius 1 is 1.52 bits per heavy atom. The summed E-state index contributed by atoms with van der Waals surface area (Å²) in [4.78, 5) is 12.4. The summed E-state index contributed by atoms with van der Waals surface area (Å²) in [6.07, 6.45) is -0.542. The molecular weight excluding hydrogens is 353 g/mol. The van der Waals surface area contributed by atoms with E-state index in [0.717, 1.165) is 4.90 Å². The van der Waals surface area contributed by atoms with Crippen molar-refractivity contribution < 1.29 is 28.9 Å². The van der Waals surface area contributed by atoms with Crippen LogP contribution in [0.2, 0.25) is 5.02 Å². The highest BCUT2D eigenvalue weighted by Gasteiger charge is 2.44. The summed E-state index contributed by atoms with van der Waals surface area (Å²) in [5, 5.41) is 20.4. The monoisotopic (exact) mass is 375 g/mol. The number of carboxylic acid groups (broad SMARTS) is 1. The molecule has 8 heteroatoms. The van der Waals surface area contributed by atoms with Crippen molar-refractivity contribution in [1.29, 1.82) is 0 Å². The lowest BCUT2D eigenvalue weighted by molar-refractivity contribution is -0.149. The highest BCUT2D eigenvalue weighted by Crippen LogP contribution is 2.37. The molecule has 1 saturated heterocycles. The van der Waals surface area contributed by atoms with Crippen molar-refractivity contribution in [2.75, 3.05) is 33.4 Å². The molecule has 0 radical (unpaired) electrons. The predicted molar refractivity (Wildman–Crippen MR) is 90.4 cm³/mol. The van der Waals surface area contributed by atoms with Crippen molar-refractivity contribution in [3.8, 4) is 0 Å². The number of carbonyl (C=O) groups is 1. The highest BCUT2D eigenvalue weighted by atomic mass is 35.5. The Kier molecular flexibility index (Phi) is 7.01. The summed E-state index contributed by atoms with van der Waals surface area (Å²) in [5.74, 6) is -0.713. The van der Waals surface area contributed by atoms with E-state index in [-0.39, 0.29) is 36.7 Å². The average Bonchev–Trinajstić information content (AvgIpc) is 2.61. The van der Waals surface area contributed by atoms with Gasteiger partial charge in [-0.05, 0) is 25.3 Å². The first-order valence-corrected chi connectivity index (χ1v) is 8.53. The second-order valence-electron chi connectivity index (χ2n) is 6.06. The van der Waals surface area contributed by atoms with Crippen LogP contribution in [0.25, 0.3) is 0 Å². The molecule has 2 rings (SSSR count). The van der Waals surface area contributed by atoms with Crippen LogP contribution in [0.4, 0.5) is 9.18 Å². The molecule has 1 unspecified atom stereocenters. The van der Waals surface area contributed by atoms with Crippen LogP contribution in [-0.4, -0.2) is 60.7 Å². The normalized spacial score (nSPS) is 20.3. The van der Waals surface area contributed by atoms with Gasteiger partial charge >= 0.3 is 6.09 Å². The SMILES string of the molecule is COCCCC[C@](O)(c1cccc(Cl)c1F)C1CN(C(=O)O)CCO1. The maximum Gasteiger partial charge on any atom is 0.407 e. The van der Waals surface area contributed by atoms with E-state index >= 15 is 0 Å². The van der Waals surface area contributed by atoms with Crippen LogP contribution in [0.1, 0.15) is 24.8 Å². The Morgan fingerprint density at radius 2 is 2.28 bits per heavy atom. The van der Waals surface area contributed by atoms with Gasteiger partial charge in [0.2, 0.25) is 0 Å². The molecule has 0 bridgehead atoms. The standard InChI is InChI=1S/C17H23ClFNO5/c1-24-9-3-2-7-17(23,12-5-4-6-13(18)15(12)19)14-11-20(16(21)22)8-10-25-14/h4-6,14,23H,2-3,7-11H2,1H3,(H,21,22)/t14?,17-/m0/s1. The molecule has 25 heavy (non-hydrogen) atoms. The van der Waals surface area contributed by atoms with Crippen LogP contribution in [0.5, 0.6) is 0 Å². The van der Waals surface area contributed by atoms with Crippen molar-refractivity contribution in [2.45, 2.75) is 31.0 Å². The van der Waals surface area contributed by atoms with Crippen molar-refractivity contribution in [3.63, 3.8) is 0 Å². The Balaban J connectivity index is 2.31. The van der Waals surface area contributed by atoms with Crippen molar-refractivity contribution >= 4 is 17.7 Å². The second-order valence-corrected chi connectivity index (χ2v) is 6.47. The minimum Gasteiger partial charge on any atom is -0.465 e. The fourth-order valence-electron chi connectivity index (χ4n) is 3.06. The van der Waals surface area contributed by atoms with E-state index in [0.29, 0.717) is 19.4 Å². The third-order valence-corrected chi connectivity index (χ3v) is 4.74. The maximum atomic E-state index is 14.6. The summed E-state index contributed by atoms with van der Waals surface area (Å²) in [6.45, 7) is 0.825. The van der Waals surface area contributed by atoms with Crippen LogP contribution in [0, 0.1) is 5.82 Å². The molecule has 2 N–H and O–H groups in total. The molecule has 1 aromatic rings. The van der Waals surface area contributed by atoms with Crippen molar-refractivity contribution in [1.82, 2.24) is 4.90 Å². The van der Waals surface area contributed by atoms with Gasteiger partial charge in [-0.1, -0.05) is 23.7 Å². The first kappa shape index (κ1) is 19.9. The fraction of sp³-hybridized carbons (Fsp3) is 0.588. The summed E-state index contributed by atoms with van der Waals surface area (Å²) >= 11 is 5.87. The summed E-state index contributed by atoms with van der Waals surface area (Å²) < 4.78 is 25.2. The zero-order valence-corrected chi connectivity index (χ0v) is 14.8. The first-order valence-electron chi connectivity index (χ1n) is 8.15. The molecule has 0 aromatic heterocycles. The smallest absolute Gasteiger partial charge is 0.407 e. The molecule has 0 saturated carbocycles. The number of amides is 1. The number of aliphatic hydroxyl groups is 1. The number of benzene rings is 1. The molecule has 0 aliphatic carbocycles. The number of methoxy groups -OCH3 is 1. The van der Waals surface area contributed by atoms with E-state index < -0.39 is 23.6 Å². The maximum absolute atomic E-state index is 14.6. The summed E-state index contributed by atoms with van der Waals surface area (Å²) in [5.41, 5.74) is -1.66. The van der Waals surface area contributed by atoms with Gasteiger partial charge in [0.05, 0.1) is 18.2 Å². The van der Waals surface area contributed by atoms with Gasteiger partial charge in [0.15, 0.2) is 0 Å². The lowest BCUT2D eigenvalue weighted by Crippen LogP contribution is -2.54. The summed E-state index contributed by atoms with van der Waals surface area (Å²) in [6, 6.07) is 4.41. The lowest BCUT2D eigenvalue weighted by Gasteiger charge is -2.41. The van der Waals surface area contributed by atoms with Crippen molar-refractivity contribution in [2.24, 2.45) is 0 Å². The van der Waals surface area contributed by atoms with E-state index in [2.05, 4.69) is 0 Å². The second kappa shape index (κ2) is 8.80. The number of hydrogen-bond donors (Lipinski definition) is 2. The number of unbranched alkanes of at least 4 members (excludes halogenated alkanes) is 1. The molecule has 1 aromatic carbocycles. The highest BCUT2D eigenvalue weighted by molar-refractivity contribution is 6.30. The molecule has 6 nitrogen and oxygen atoms in total. The topological polar surface area (TPSA) is 79.2 Å². The third-order valence-electron chi connectivity index (χ3n) is 4.44. The van der Waals surface area contributed by atoms with Gasteiger partial charge in [-0.15, -0.1) is 0 Å². The molecule has 2 atom stereocenters. The van der Waals surface area contributed by atoms with Crippen LogP contribution >= 0.6 is 11.6 Å². The quantitative estimate of drug-likeness (QED) is 0.716. The molecule has 1 heterocycles. The third kappa shape index (κ3) is 4.61. The van der Waals surface area contributed by atoms with E-state index in [1.54, 1.807) is 13.2 Å². The Labute approximate surface area is 151 Å². The number of nitrogens with zero attached hydrogens (tertiary/aromatic N) is 1. The number of halogens is 2. The minimum atomic E-state index is -1.68. The van der Waals surface area contributed by atoms with Crippen LogP contribution in [0.15, 0.2) is 18.2 Å². The largest absolute Gasteiger partial charge is 0.465 e. The number of ether oxygens (including phenoxy) is 2. The van der Waals surface area contributed by atoms with Crippen LogP contribution in [-0.2, 0) is 15.1 Å². The Hall–Kier alpha value is -1.41. The van der Waals surface area contributed by atoms with E-state index in [1.807, 2.05) is 0 Å². The molecule has 0 spiro atoms. The van der Waals surface area contributed by atoms with Gasteiger partial charge in [0.1, 0.15) is 17.5 Å². The van der Waals surface area contributed by atoms with Gasteiger partial charge in [0.25, 0.3) is 0 Å². The molecule has 1 fully saturated rings. The lowest BCUT2D eigenvalue weighted by atomic mass is 9.82. The van der Waals surface area contributed by atoms with Gasteiger partial charge in [-0.25, -0.2) is 9.18 Å². The molecular formula is C17H23ClFNO5. The van der Waals surface area contributed by atoms with Crippen LogP contribution < -0.4 is 0 Å². The number of morpholine rings is 1. The first-order chi connectivity index (χ1) is 11.9. The van der Waals surface area contributed by atoms with Gasteiger partial charge in [-0.3, -0.25) is 0 Å². The zero-order chi connectivity index (χ0) is 18.4. The summed E-state index contributed by atoms with van der Waals surface area (Å²) in [7, 11) is 1.58. The molecule has 1 aliphatic rings. The molecule has 1 aliphatic heterocycles. The molecule has 1 amide bonds. The van der Waals surface area contributed by atoms with E-state index in [4.69, 9.17) is 21.1 Å². The Bertz CT molecular complexity index is 602. The Morgan fingerprint density at radius 3 is 2.96 bits per heavy atom. The average molecular weight is 376 g/mol. The van der Waals surface area contributed by atoms with Gasteiger partial charge in [-0.2, -0.15) is 0 Å². The number of rotatable bonds is 7. The number of hydrogen-bond acceptors (Lipinski definition) is 4. The fourth-order valence-corrected chi connectivity index (χ4v) is 3.23. The van der Waals surface area contributed by atoms with Crippen molar-refractivity contribution in [3.05, 3.63) is 34.6 Å². The van der Waals surface area contributed by atoms with E-state index in [1.165, 1.54) is 12.1 Å². The minimum absolute atomic E-state index is 0.0228. The zero-order valence-electron chi connectivity index (χ0n) is 14.1.